The van der Waals surface area contributed by atoms with E-state index in [4.69, 9.17) is 9.39 Å². The maximum Gasteiger partial charge on any atom is 0.477 e. The first-order valence-electron chi connectivity index (χ1n) is 10.4. The molecule has 7 N–H and O–H groups in total. The molecule has 0 aromatic carbocycles. The Balaban J connectivity index is 5.01. The number of carbonyl (C=O) groups excluding carboxylic acids is 3. The van der Waals surface area contributed by atoms with Gasteiger partial charge in [0.25, 0.3) is 0 Å². The van der Waals surface area contributed by atoms with E-state index in [0.717, 1.165) is 19.4 Å². The fourth-order valence-electron chi connectivity index (χ4n) is 2.63. The number of rotatable bonds is 12. The fourth-order valence-corrected chi connectivity index (χ4v) is 2.63. The molecule has 0 aliphatic carbocycles. The largest absolute Gasteiger partial charge is 0.477 e. The minimum Gasteiger partial charge on any atom is -0.444 e. The van der Waals surface area contributed by atoms with Crippen LogP contribution in [0, 0.1) is 5.92 Å². The minimum absolute atomic E-state index is 0.220. The molecule has 174 valence electrons. The summed E-state index contributed by atoms with van der Waals surface area (Å²) in [6.07, 6.45) is 1.43. The molecular formula is C19H40BN4O6+. The topological polar surface area (TPSA) is 154 Å². The van der Waals surface area contributed by atoms with Crippen molar-refractivity contribution in [1.82, 2.24) is 16.0 Å². The average molecular weight is 431 g/mol. The first-order chi connectivity index (χ1) is 13.8. The molecule has 0 saturated carbocycles. The van der Waals surface area contributed by atoms with E-state index in [-0.39, 0.29) is 5.92 Å². The van der Waals surface area contributed by atoms with Crippen LogP contribution in [0.4, 0.5) is 4.79 Å². The van der Waals surface area contributed by atoms with E-state index < -0.39 is 48.7 Å². The molecule has 30 heavy (non-hydrogen) atoms. The second kappa shape index (κ2) is 13.5. The Hall–Kier alpha value is -1.85. The molecule has 0 aliphatic rings. The van der Waals surface area contributed by atoms with E-state index >= 15 is 0 Å². The van der Waals surface area contributed by atoms with Gasteiger partial charge >= 0.3 is 13.2 Å². The highest BCUT2D eigenvalue weighted by Gasteiger charge is 2.32. The van der Waals surface area contributed by atoms with Gasteiger partial charge in [0.15, 0.2) is 0 Å². The van der Waals surface area contributed by atoms with E-state index in [1.165, 1.54) is 14.0 Å². The third-order valence-corrected chi connectivity index (χ3v) is 4.30. The van der Waals surface area contributed by atoms with Crippen LogP contribution in [0.3, 0.4) is 0 Å². The predicted octanol–water partition coefficient (Wildman–Crippen LogP) is -0.396. The second-order valence-corrected chi connectivity index (χ2v) is 8.69. The molecular weight excluding hydrogens is 391 g/mol. The van der Waals surface area contributed by atoms with Gasteiger partial charge in [-0.25, -0.2) is 4.79 Å². The van der Waals surface area contributed by atoms with Gasteiger partial charge in [0.1, 0.15) is 17.7 Å². The lowest BCUT2D eigenvalue weighted by molar-refractivity contribution is -0.368. The number of hydrogen-bond acceptors (Lipinski definition) is 6. The molecule has 0 saturated heterocycles. The molecule has 10 nitrogen and oxygen atoms in total. The van der Waals surface area contributed by atoms with Gasteiger partial charge in [-0.15, -0.1) is 0 Å². The zero-order valence-corrected chi connectivity index (χ0v) is 19.4. The maximum absolute atomic E-state index is 12.8. The summed E-state index contributed by atoms with van der Waals surface area (Å²) in [5, 5.41) is 17.9. The number of carbonyl (C=O) groups is 3. The molecule has 3 atom stereocenters. The van der Waals surface area contributed by atoms with Crippen molar-refractivity contribution in [1.29, 1.82) is 0 Å². The van der Waals surface area contributed by atoms with Gasteiger partial charge in [0.05, 0.1) is 12.5 Å². The summed E-state index contributed by atoms with van der Waals surface area (Å²) in [7, 11) is 0.201. The third kappa shape index (κ3) is 11.4. The molecule has 0 heterocycles. The summed E-state index contributed by atoms with van der Waals surface area (Å²) in [6.45, 7) is 11.0. The number of unbranched alkanes of at least 4 members (excludes halogenated alkanes) is 1. The summed E-state index contributed by atoms with van der Waals surface area (Å²) in [5.41, 5.74) is 3.09. The number of alkyl carbamates (subject to hydrolysis) is 1. The van der Waals surface area contributed by atoms with E-state index in [1.807, 2.05) is 0 Å². The van der Waals surface area contributed by atoms with Gasteiger partial charge in [-0.3, -0.25) is 9.59 Å². The molecule has 11 heteroatoms. The van der Waals surface area contributed by atoms with Gasteiger partial charge in [-0.05, 0) is 52.9 Å². The highest BCUT2D eigenvalue weighted by Crippen LogP contribution is 2.09. The lowest BCUT2D eigenvalue weighted by Crippen LogP contribution is -2.58. The number of hydrogen-bond donors (Lipinski definition) is 5. The van der Waals surface area contributed by atoms with Gasteiger partial charge in [-0.2, -0.15) is 0 Å². The van der Waals surface area contributed by atoms with Crippen LogP contribution in [0.1, 0.15) is 60.8 Å². The summed E-state index contributed by atoms with van der Waals surface area (Å²) < 4.78 is 10.1. The predicted molar refractivity (Wildman–Crippen MR) is 114 cm³/mol. The maximum atomic E-state index is 12.8. The van der Waals surface area contributed by atoms with Crippen molar-refractivity contribution in [2.75, 3.05) is 13.7 Å². The van der Waals surface area contributed by atoms with Crippen LogP contribution in [-0.4, -0.2) is 67.3 Å². The molecule has 0 aromatic heterocycles. The van der Waals surface area contributed by atoms with Crippen LogP contribution in [-0.2, 0) is 19.0 Å². The van der Waals surface area contributed by atoms with Gasteiger partial charge in [-0.1, -0.05) is 13.8 Å². The van der Waals surface area contributed by atoms with E-state index in [9.17, 15) is 19.4 Å². The Morgan fingerprint density at radius 1 is 1.03 bits per heavy atom. The molecule has 0 aromatic rings. The quantitative estimate of drug-likeness (QED) is 0.209. The Kier molecular flexibility index (Phi) is 12.6. The van der Waals surface area contributed by atoms with Gasteiger partial charge < -0.3 is 36.1 Å². The molecule has 0 spiro atoms. The third-order valence-electron chi connectivity index (χ3n) is 4.30. The van der Waals surface area contributed by atoms with Crippen molar-refractivity contribution in [2.24, 2.45) is 5.92 Å². The molecule has 0 radical (unpaired) electrons. The van der Waals surface area contributed by atoms with Crippen molar-refractivity contribution < 1.29 is 34.5 Å². The minimum atomic E-state index is -1.16. The van der Waals surface area contributed by atoms with Crippen molar-refractivity contribution in [2.45, 2.75) is 84.4 Å². The Bertz CT molecular complexity index is 556. The Morgan fingerprint density at radius 3 is 2.10 bits per heavy atom. The lowest BCUT2D eigenvalue weighted by Gasteiger charge is -2.27. The smallest absolute Gasteiger partial charge is 0.444 e. The molecule has 0 bridgehead atoms. The van der Waals surface area contributed by atoms with Gasteiger partial charge in [0.2, 0.25) is 11.8 Å². The highest BCUT2D eigenvalue weighted by molar-refractivity contribution is 6.45. The molecule has 0 aliphatic heterocycles. The van der Waals surface area contributed by atoms with Crippen molar-refractivity contribution in [3.63, 3.8) is 0 Å². The second-order valence-electron chi connectivity index (χ2n) is 8.69. The first-order valence-corrected chi connectivity index (χ1v) is 10.4. The Labute approximate surface area is 180 Å². The van der Waals surface area contributed by atoms with Crippen LogP contribution in [0.2, 0.25) is 0 Å². The van der Waals surface area contributed by atoms with Crippen molar-refractivity contribution in [3.05, 3.63) is 0 Å². The Morgan fingerprint density at radius 2 is 1.63 bits per heavy atom. The SMILES string of the molecule is COB(O)[C@@H](CCCC[NH3+])NC(=O)[C@@H](NC(=O)[C@H](C)NC(=O)OC(C)(C)C)C(C)C. The number of quaternary nitrogens is 1. The number of nitrogens with one attached hydrogen (secondary N) is 3. The van der Waals surface area contributed by atoms with Crippen molar-refractivity contribution in [3.8, 4) is 0 Å². The van der Waals surface area contributed by atoms with Crippen molar-refractivity contribution >= 4 is 25.0 Å². The fraction of sp³-hybridized carbons (Fsp3) is 0.842. The average Bonchev–Trinajstić information content (AvgIpc) is 2.62. The van der Waals surface area contributed by atoms with E-state index in [1.54, 1.807) is 34.6 Å². The first kappa shape index (κ1) is 28.2. The monoisotopic (exact) mass is 431 g/mol. The lowest BCUT2D eigenvalue weighted by atomic mass is 9.75. The zero-order valence-electron chi connectivity index (χ0n) is 19.4. The molecule has 0 fully saturated rings. The zero-order chi connectivity index (χ0) is 23.5. The highest BCUT2D eigenvalue weighted by atomic mass is 16.6. The van der Waals surface area contributed by atoms with Crippen LogP contribution < -0.4 is 21.7 Å². The number of ether oxygens (including phenoxy) is 1. The molecule has 0 rings (SSSR count). The van der Waals surface area contributed by atoms with Crippen LogP contribution in [0.15, 0.2) is 0 Å². The summed E-state index contributed by atoms with van der Waals surface area (Å²) in [6, 6.07) is -1.74. The molecule has 3 amide bonds. The van der Waals surface area contributed by atoms with E-state index in [2.05, 4.69) is 21.7 Å². The normalized spacial score (nSPS) is 14.5. The summed E-state index contributed by atoms with van der Waals surface area (Å²) in [5.74, 6) is -1.78. The van der Waals surface area contributed by atoms with Crippen LogP contribution >= 0.6 is 0 Å². The standard InChI is InChI=1S/C19H39BN4O6/c1-12(2)15(17(26)23-14(20(28)29-7)10-8-9-11-21)24-16(25)13(3)22-18(27)30-19(4,5)6/h12-15,28H,8-11,21H2,1-7H3,(H,22,27)(H,23,26)(H,24,25)/p+1/t13-,14+,15-/m0/s1. The van der Waals surface area contributed by atoms with E-state index in [0.29, 0.717) is 6.42 Å². The van der Waals surface area contributed by atoms with Crippen LogP contribution in [0.25, 0.3) is 0 Å². The summed E-state index contributed by atoms with van der Waals surface area (Å²) in [4.78, 5) is 37.2. The number of amides is 3. The molecule has 0 unspecified atom stereocenters. The van der Waals surface area contributed by atoms with Crippen LogP contribution in [0.5, 0.6) is 0 Å². The summed E-state index contributed by atoms with van der Waals surface area (Å²) >= 11 is 0. The van der Waals surface area contributed by atoms with Gasteiger partial charge in [0, 0.05) is 7.11 Å².